The highest BCUT2D eigenvalue weighted by Crippen LogP contribution is 2.13. The van der Waals surface area contributed by atoms with Gasteiger partial charge in [0.05, 0.1) is 6.54 Å². The van der Waals surface area contributed by atoms with Crippen molar-refractivity contribution < 1.29 is 4.79 Å². The van der Waals surface area contributed by atoms with E-state index < -0.39 is 0 Å². The molecule has 2 aromatic carbocycles. The van der Waals surface area contributed by atoms with Gasteiger partial charge in [-0.2, -0.15) is 0 Å². The Labute approximate surface area is 163 Å². The van der Waals surface area contributed by atoms with E-state index in [0.717, 1.165) is 23.1 Å². The van der Waals surface area contributed by atoms with Gasteiger partial charge in [0.15, 0.2) is 0 Å². The molecule has 0 aliphatic heterocycles. The summed E-state index contributed by atoms with van der Waals surface area (Å²) in [6.07, 6.45) is 2.69. The average Bonchev–Trinajstić information content (AvgIpc) is 2.67. The first-order chi connectivity index (χ1) is 13.0. The molecule has 138 valence electrons. The Morgan fingerprint density at radius 1 is 1.04 bits per heavy atom. The van der Waals surface area contributed by atoms with Crippen molar-refractivity contribution in [1.29, 1.82) is 0 Å². The van der Waals surface area contributed by atoms with Crippen LogP contribution < -0.4 is 10.9 Å². The second kappa shape index (κ2) is 8.23. The largest absolute Gasteiger partial charge is 0.317 e. The number of nitrogens with one attached hydrogen (secondary N) is 1. The number of rotatable bonds is 5. The fourth-order valence-corrected chi connectivity index (χ4v) is 2.99. The zero-order valence-corrected chi connectivity index (χ0v) is 16.1. The third kappa shape index (κ3) is 4.66. The van der Waals surface area contributed by atoms with Crippen LogP contribution in [0.25, 0.3) is 0 Å². The summed E-state index contributed by atoms with van der Waals surface area (Å²) in [6.45, 7) is 4.36. The van der Waals surface area contributed by atoms with E-state index in [1.54, 1.807) is 41.1 Å². The number of nitrogens with zero attached hydrogens (tertiary/aromatic N) is 1. The molecule has 0 atom stereocenters. The molecule has 3 aromatic rings. The molecule has 0 saturated heterocycles. The van der Waals surface area contributed by atoms with E-state index in [9.17, 15) is 9.59 Å². The normalized spacial score (nSPS) is 10.6. The lowest BCUT2D eigenvalue weighted by molar-refractivity contribution is 0.102. The van der Waals surface area contributed by atoms with Gasteiger partial charge in [0, 0.05) is 16.8 Å². The first-order valence-corrected chi connectivity index (χ1v) is 9.20. The van der Waals surface area contributed by atoms with Crippen LogP contribution in [0.5, 0.6) is 0 Å². The van der Waals surface area contributed by atoms with E-state index in [1.165, 1.54) is 0 Å². The molecule has 1 N–H and O–H groups in total. The predicted octanol–water partition coefficient (Wildman–Crippen LogP) is 4.67. The minimum absolute atomic E-state index is 0.242. The zero-order chi connectivity index (χ0) is 19.4. The van der Waals surface area contributed by atoms with Gasteiger partial charge in [-0.3, -0.25) is 9.59 Å². The molecule has 0 aliphatic carbocycles. The number of anilines is 1. The average molecular weight is 381 g/mol. The highest BCUT2D eigenvalue weighted by molar-refractivity contribution is 6.30. The van der Waals surface area contributed by atoms with Gasteiger partial charge in [-0.25, -0.2) is 0 Å². The van der Waals surface area contributed by atoms with Gasteiger partial charge in [-0.15, -0.1) is 0 Å². The van der Waals surface area contributed by atoms with Crippen LogP contribution in [0.3, 0.4) is 0 Å². The SMILES string of the molecule is CCc1ccc(C(=O)Nc2cc(C)cn(Cc3ccc(Cl)cc3)c2=O)cc1. The van der Waals surface area contributed by atoms with Gasteiger partial charge in [-0.05, 0) is 60.4 Å². The number of carbonyl (C=O) groups is 1. The fourth-order valence-electron chi connectivity index (χ4n) is 2.87. The summed E-state index contributed by atoms with van der Waals surface area (Å²) >= 11 is 5.91. The van der Waals surface area contributed by atoms with Crippen molar-refractivity contribution in [3.05, 3.63) is 98.4 Å². The third-order valence-corrected chi connectivity index (χ3v) is 4.61. The monoisotopic (exact) mass is 380 g/mol. The van der Waals surface area contributed by atoms with Crippen molar-refractivity contribution in [3.8, 4) is 0 Å². The molecule has 1 heterocycles. The van der Waals surface area contributed by atoms with Crippen molar-refractivity contribution in [3.63, 3.8) is 0 Å². The van der Waals surface area contributed by atoms with E-state index >= 15 is 0 Å². The molecule has 0 saturated carbocycles. The number of carbonyl (C=O) groups excluding carboxylic acids is 1. The topological polar surface area (TPSA) is 51.1 Å². The van der Waals surface area contributed by atoms with Crippen molar-refractivity contribution in [2.24, 2.45) is 0 Å². The van der Waals surface area contributed by atoms with Crippen LogP contribution in [0.4, 0.5) is 5.69 Å². The van der Waals surface area contributed by atoms with Gasteiger partial charge in [0.2, 0.25) is 0 Å². The maximum atomic E-state index is 12.8. The Morgan fingerprint density at radius 2 is 1.67 bits per heavy atom. The summed E-state index contributed by atoms with van der Waals surface area (Å²) < 4.78 is 1.59. The van der Waals surface area contributed by atoms with Crippen LogP contribution in [0.15, 0.2) is 65.6 Å². The molecule has 0 fully saturated rings. The van der Waals surface area contributed by atoms with Gasteiger partial charge in [0.1, 0.15) is 5.69 Å². The number of amides is 1. The molecule has 0 bridgehead atoms. The van der Waals surface area contributed by atoms with Crippen LogP contribution in [-0.2, 0) is 13.0 Å². The maximum Gasteiger partial charge on any atom is 0.274 e. The second-order valence-corrected chi connectivity index (χ2v) is 6.93. The Balaban J connectivity index is 1.84. The number of aromatic nitrogens is 1. The summed E-state index contributed by atoms with van der Waals surface area (Å²) in [4.78, 5) is 25.3. The predicted molar refractivity (Wildman–Crippen MR) is 110 cm³/mol. The van der Waals surface area contributed by atoms with E-state index in [4.69, 9.17) is 11.6 Å². The van der Waals surface area contributed by atoms with Crippen molar-refractivity contribution >= 4 is 23.2 Å². The number of aryl methyl sites for hydroxylation is 2. The van der Waals surface area contributed by atoms with Crippen LogP contribution in [0, 0.1) is 6.92 Å². The Hall–Kier alpha value is -2.85. The second-order valence-electron chi connectivity index (χ2n) is 6.50. The molecule has 0 unspecified atom stereocenters. The number of hydrogen-bond donors (Lipinski definition) is 1. The molecule has 0 spiro atoms. The molecular weight excluding hydrogens is 360 g/mol. The standard InChI is InChI=1S/C22H21ClN2O2/c1-3-16-4-8-18(9-5-16)21(26)24-20-12-15(2)13-25(22(20)27)14-17-6-10-19(23)11-7-17/h4-13H,3,14H2,1-2H3,(H,24,26). The van der Waals surface area contributed by atoms with Gasteiger partial charge >= 0.3 is 0 Å². The first kappa shape index (κ1) is 18.9. The number of hydrogen-bond acceptors (Lipinski definition) is 2. The molecule has 0 radical (unpaired) electrons. The summed E-state index contributed by atoms with van der Waals surface area (Å²) in [7, 11) is 0. The van der Waals surface area contributed by atoms with Crippen molar-refractivity contribution in [2.75, 3.05) is 5.32 Å². The van der Waals surface area contributed by atoms with Crippen molar-refractivity contribution in [1.82, 2.24) is 4.57 Å². The Bertz CT molecular complexity index is 1010. The minimum Gasteiger partial charge on any atom is -0.317 e. The van der Waals surface area contributed by atoms with Crippen LogP contribution in [-0.4, -0.2) is 10.5 Å². The molecule has 27 heavy (non-hydrogen) atoms. The molecule has 3 rings (SSSR count). The molecule has 1 amide bonds. The van der Waals surface area contributed by atoms with E-state index in [0.29, 0.717) is 17.1 Å². The van der Waals surface area contributed by atoms with E-state index in [1.807, 2.05) is 31.2 Å². The quantitative estimate of drug-likeness (QED) is 0.699. The maximum absolute atomic E-state index is 12.8. The number of pyridine rings is 1. The lowest BCUT2D eigenvalue weighted by Gasteiger charge is -2.12. The molecular formula is C22H21ClN2O2. The fraction of sp³-hybridized carbons (Fsp3) is 0.182. The smallest absolute Gasteiger partial charge is 0.274 e. The zero-order valence-electron chi connectivity index (χ0n) is 15.3. The van der Waals surface area contributed by atoms with E-state index in [2.05, 4.69) is 12.2 Å². The number of halogens is 1. The molecule has 1 aromatic heterocycles. The molecule has 0 aliphatic rings. The first-order valence-electron chi connectivity index (χ1n) is 8.82. The van der Waals surface area contributed by atoms with Crippen LogP contribution in [0.1, 0.15) is 34.0 Å². The van der Waals surface area contributed by atoms with Gasteiger partial charge in [0.25, 0.3) is 11.5 Å². The Kier molecular flexibility index (Phi) is 5.77. The van der Waals surface area contributed by atoms with Crippen LogP contribution in [0.2, 0.25) is 5.02 Å². The van der Waals surface area contributed by atoms with E-state index in [-0.39, 0.29) is 17.2 Å². The third-order valence-electron chi connectivity index (χ3n) is 4.36. The lowest BCUT2D eigenvalue weighted by Crippen LogP contribution is -2.26. The molecule has 5 heteroatoms. The number of benzene rings is 2. The summed E-state index contributed by atoms with van der Waals surface area (Å²) in [5.74, 6) is -0.293. The Morgan fingerprint density at radius 3 is 2.30 bits per heavy atom. The highest BCUT2D eigenvalue weighted by Gasteiger charge is 2.11. The van der Waals surface area contributed by atoms with Crippen LogP contribution >= 0.6 is 11.6 Å². The summed E-state index contributed by atoms with van der Waals surface area (Å²) in [6, 6.07) is 16.4. The summed E-state index contributed by atoms with van der Waals surface area (Å²) in [5.41, 5.74) is 3.56. The highest BCUT2D eigenvalue weighted by atomic mass is 35.5. The van der Waals surface area contributed by atoms with Crippen molar-refractivity contribution in [2.45, 2.75) is 26.8 Å². The minimum atomic E-state index is -0.293. The van der Waals surface area contributed by atoms with Gasteiger partial charge < -0.3 is 9.88 Å². The summed E-state index contributed by atoms with van der Waals surface area (Å²) in [5, 5.41) is 3.40. The lowest BCUT2D eigenvalue weighted by atomic mass is 10.1. The molecule has 4 nitrogen and oxygen atoms in total. The van der Waals surface area contributed by atoms with Gasteiger partial charge in [-0.1, -0.05) is 42.8 Å².